The minimum Gasteiger partial charge on any atom is -0.491 e. The van der Waals surface area contributed by atoms with Crippen molar-refractivity contribution in [3.8, 4) is 5.75 Å². The molecule has 3 aromatic rings. The molecule has 35 heavy (non-hydrogen) atoms. The summed E-state index contributed by atoms with van der Waals surface area (Å²) in [5.41, 5.74) is 3.88. The van der Waals surface area contributed by atoms with Gasteiger partial charge in [0.1, 0.15) is 5.75 Å². The highest BCUT2D eigenvalue weighted by Gasteiger charge is 2.34. The molecule has 1 aliphatic rings. The molecule has 2 aromatic carbocycles. The summed E-state index contributed by atoms with van der Waals surface area (Å²) in [6.45, 7) is 11.1. The van der Waals surface area contributed by atoms with Crippen molar-refractivity contribution in [1.29, 1.82) is 0 Å². The predicted molar refractivity (Wildman–Crippen MR) is 141 cm³/mol. The monoisotopic (exact) mass is 477 g/mol. The van der Waals surface area contributed by atoms with Crippen molar-refractivity contribution in [2.45, 2.75) is 72.4 Å². The van der Waals surface area contributed by atoms with Gasteiger partial charge in [0, 0.05) is 11.7 Å². The Balaban J connectivity index is 1.75. The first kappa shape index (κ1) is 25.1. The summed E-state index contributed by atoms with van der Waals surface area (Å²) in [7, 11) is 1.42. The Morgan fingerprint density at radius 1 is 1.11 bits per heavy atom. The number of benzene rings is 2. The highest BCUT2D eigenvalue weighted by Crippen LogP contribution is 2.44. The number of nitrogens with one attached hydrogen (secondary N) is 1. The Hall–Kier alpha value is -3.02. The molecule has 0 bridgehead atoms. The van der Waals surface area contributed by atoms with E-state index in [1.807, 2.05) is 50.2 Å². The molecule has 0 saturated heterocycles. The summed E-state index contributed by atoms with van der Waals surface area (Å²) in [6.07, 6.45) is 4.01. The number of carbonyl (C=O) groups is 1. The van der Waals surface area contributed by atoms with Crippen molar-refractivity contribution in [1.82, 2.24) is 9.55 Å². The van der Waals surface area contributed by atoms with Gasteiger partial charge in [0.15, 0.2) is 0 Å². The largest absolute Gasteiger partial charge is 0.491 e. The highest BCUT2D eigenvalue weighted by molar-refractivity contribution is 5.82. The Morgan fingerprint density at radius 3 is 2.51 bits per heavy atom. The lowest BCUT2D eigenvalue weighted by atomic mass is 9.74. The SMILES string of the molecule is COC(=O)Cc1ccc2c(c1)nc(Nc1ccc(OC(C)C)cc1)n2[C@@H]1C[C@H](C)CC[C@H]1C(C)C. The van der Waals surface area contributed by atoms with E-state index in [4.69, 9.17) is 14.5 Å². The van der Waals surface area contributed by atoms with Gasteiger partial charge in [-0.3, -0.25) is 4.79 Å². The maximum absolute atomic E-state index is 11.9. The van der Waals surface area contributed by atoms with Crippen LogP contribution in [0, 0.1) is 17.8 Å². The molecule has 6 heteroatoms. The molecule has 0 unspecified atom stereocenters. The number of imidazole rings is 1. The Kier molecular flexibility index (Phi) is 7.68. The summed E-state index contributed by atoms with van der Waals surface area (Å²) < 4.78 is 13.1. The van der Waals surface area contributed by atoms with E-state index in [0.29, 0.717) is 23.8 Å². The van der Waals surface area contributed by atoms with Crippen LogP contribution in [0.4, 0.5) is 11.6 Å². The molecule has 1 aliphatic carbocycles. The summed E-state index contributed by atoms with van der Waals surface area (Å²) in [5.74, 6) is 3.30. The van der Waals surface area contributed by atoms with E-state index in [2.05, 4.69) is 36.7 Å². The standard InChI is InChI=1S/C29H39N3O3/c1-18(2)24-13-7-20(5)15-27(24)32-26-14-8-21(17-28(33)34-6)16-25(26)31-29(32)30-22-9-11-23(12-10-22)35-19(3)4/h8-12,14,16,18-20,24,27H,7,13,15,17H2,1-6H3,(H,30,31)/t20-,24+,27-/m1/s1. The second kappa shape index (κ2) is 10.7. The molecule has 1 aromatic heterocycles. The van der Waals surface area contributed by atoms with E-state index in [-0.39, 0.29) is 18.5 Å². The number of esters is 1. The van der Waals surface area contributed by atoms with Crippen LogP contribution in [0.15, 0.2) is 42.5 Å². The minimum atomic E-state index is -0.244. The molecule has 0 radical (unpaired) electrons. The summed E-state index contributed by atoms with van der Waals surface area (Å²) in [4.78, 5) is 16.9. The van der Waals surface area contributed by atoms with Gasteiger partial charge >= 0.3 is 5.97 Å². The van der Waals surface area contributed by atoms with Crippen LogP contribution in [0.1, 0.15) is 65.5 Å². The number of ether oxygens (including phenoxy) is 2. The van der Waals surface area contributed by atoms with Crippen LogP contribution in [0.2, 0.25) is 0 Å². The average Bonchev–Trinajstić information content (AvgIpc) is 3.16. The Morgan fingerprint density at radius 2 is 1.86 bits per heavy atom. The maximum atomic E-state index is 11.9. The fourth-order valence-corrected chi connectivity index (χ4v) is 5.38. The molecular weight excluding hydrogens is 438 g/mol. The number of hydrogen-bond acceptors (Lipinski definition) is 5. The summed E-state index contributed by atoms with van der Waals surface area (Å²) in [5, 5.41) is 3.59. The molecule has 188 valence electrons. The number of aromatic nitrogens is 2. The van der Waals surface area contributed by atoms with Crippen molar-refractivity contribution >= 4 is 28.6 Å². The van der Waals surface area contributed by atoms with Crippen molar-refractivity contribution < 1.29 is 14.3 Å². The van der Waals surface area contributed by atoms with Gasteiger partial charge in [0.2, 0.25) is 5.95 Å². The van der Waals surface area contributed by atoms with Crippen molar-refractivity contribution in [2.24, 2.45) is 17.8 Å². The number of anilines is 2. The first-order valence-electron chi connectivity index (χ1n) is 12.9. The fourth-order valence-electron chi connectivity index (χ4n) is 5.38. The molecule has 0 aliphatic heterocycles. The van der Waals surface area contributed by atoms with Crippen LogP contribution in [-0.2, 0) is 16.0 Å². The van der Waals surface area contributed by atoms with Gasteiger partial charge < -0.3 is 19.4 Å². The first-order chi connectivity index (χ1) is 16.7. The van der Waals surface area contributed by atoms with Gasteiger partial charge in [-0.15, -0.1) is 0 Å². The smallest absolute Gasteiger partial charge is 0.309 e. The van der Waals surface area contributed by atoms with Crippen LogP contribution in [0.5, 0.6) is 5.75 Å². The number of fused-ring (bicyclic) bond motifs is 1. The van der Waals surface area contributed by atoms with Gasteiger partial charge in [0.25, 0.3) is 0 Å². The lowest BCUT2D eigenvalue weighted by Crippen LogP contribution is -2.30. The van der Waals surface area contributed by atoms with E-state index < -0.39 is 0 Å². The second-order valence-corrected chi connectivity index (χ2v) is 10.6. The second-order valence-electron chi connectivity index (χ2n) is 10.6. The zero-order valence-corrected chi connectivity index (χ0v) is 21.9. The van der Waals surface area contributed by atoms with Crippen molar-refractivity contribution in [3.63, 3.8) is 0 Å². The summed E-state index contributed by atoms with van der Waals surface area (Å²) >= 11 is 0. The summed E-state index contributed by atoms with van der Waals surface area (Å²) in [6, 6.07) is 14.6. The van der Waals surface area contributed by atoms with E-state index in [1.54, 1.807) is 0 Å². The topological polar surface area (TPSA) is 65.4 Å². The number of methoxy groups -OCH3 is 1. The zero-order chi connectivity index (χ0) is 25.1. The van der Waals surface area contributed by atoms with Crippen molar-refractivity contribution in [2.75, 3.05) is 12.4 Å². The normalized spacial score (nSPS) is 20.4. The van der Waals surface area contributed by atoms with E-state index in [0.717, 1.165) is 40.4 Å². The van der Waals surface area contributed by atoms with Crippen LogP contribution < -0.4 is 10.1 Å². The molecule has 3 atom stereocenters. The first-order valence-corrected chi connectivity index (χ1v) is 12.9. The lowest BCUT2D eigenvalue weighted by Gasteiger charge is -2.39. The van der Waals surface area contributed by atoms with Crippen LogP contribution in [0.3, 0.4) is 0 Å². The molecule has 0 amide bonds. The number of rotatable bonds is 8. The molecule has 1 fully saturated rings. The minimum absolute atomic E-state index is 0.137. The van der Waals surface area contributed by atoms with Crippen LogP contribution >= 0.6 is 0 Å². The lowest BCUT2D eigenvalue weighted by molar-refractivity contribution is -0.139. The van der Waals surface area contributed by atoms with E-state index >= 15 is 0 Å². The number of carbonyl (C=O) groups excluding carboxylic acids is 1. The molecule has 1 saturated carbocycles. The van der Waals surface area contributed by atoms with Gasteiger partial charge in [0.05, 0.1) is 30.7 Å². The molecular formula is C29H39N3O3. The number of hydrogen-bond donors (Lipinski definition) is 1. The third-order valence-electron chi connectivity index (χ3n) is 7.13. The molecule has 0 spiro atoms. The fraction of sp³-hybridized carbons (Fsp3) is 0.517. The average molecular weight is 478 g/mol. The van der Waals surface area contributed by atoms with E-state index in [9.17, 15) is 4.79 Å². The molecule has 1 heterocycles. The van der Waals surface area contributed by atoms with Gasteiger partial charge in [-0.25, -0.2) is 4.98 Å². The van der Waals surface area contributed by atoms with E-state index in [1.165, 1.54) is 20.0 Å². The predicted octanol–water partition coefficient (Wildman–Crippen LogP) is 6.92. The quantitative estimate of drug-likeness (QED) is 0.357. The van der Waals surface area contributed by atoms with Crippen LogP contribution in [0.25, 0.3) is 11.0 Å². The molecule has 6 nitrogen and oxygen atoms in total. The van der Waals surface area contributed by atoms with Gasteiger partial charge in [-0.1, -0.05) is 33.3 Å². The number of nitrogens with zero attached hydrogens (tertiary/aromatic N) is 2. The third-order valence-corrected chi connectivity index (χ3v) is 7.13. The van der Waals surface area contributed by atoms with Crippen molar-refractivity contribution in [3.05, 3.63) is 48.0 Å². The zero-order valence-electron chi connectivity index (χ0n) is 21.9. The molecule has 1 N–H and O–H groups in total. The maximum Gasteiger partial charge on any atom is 0.309 e. The molecule has 4 rings (SSSR count). The Bertz CT molecular complexity index is 1150. The highest BCUT2D eigenvalue weighted by atomic mass is 16.5. The van der Waals surface area contributed by atoms with Gasteiger partial charge in [-0.05, 0) is 86.4 Å². The Labute approximate surface area is 209 Å². The van der Waals surface area contributed by atoms with Crippen LogP contribution in [-0.4, -0.2) is 28.7 Å². The third kappa shape index (κ3) is 5.80. The van der Waals surface area contributed by atoms with Gasteiger partial charge in [-0.2, -0.15) is 0 Å².